The minimum atomic E-state index is 0.162. The second kappa shape index (κ2) is 5.72. The zero-order chi connectivity index (χ0) is 13.1. The summed E-state index contributed by atoms with van der Waals surface area (Å²) in [6, 6.07) is 8.30. The quantitative estimate of drug-likeness (QED) is 0.775. The summed E-state index contributed by atoms with van der Waals surface area (Å²) in [6.07, 6.45) is 3.37. The summed E-state index contributed by atoms with van der Waals surface area (Å²) in [7, 11) is 1.74. The van der Waals surface area contributed by atoms with Crippen molar-refractivity contribution in [3.8, 4) is 0 Å². The van der Waals surface area contributed by atoms with Gasteiger partial charge >= 0.3 is 0 Å². The van der Waals surface area contributed by atoms with Crippen LogP contribution in [0.15, 0.2) is 24.3 Å². The summed E-state index contributed by atoms with van der Waals surface area (Å²) in [5.74, 6) is 1.08. The second-order valence-electron chi connectivity index (χ2n) is 4.96. The van der Waals surface area contributed by atoms with E-state index in [1.165, 1.54) is 5.52 Å². The van der Waals surface area contributed by atoms with Gasteiger partial charge < -0.3 is 14.0 Å². The number of para-hydroxylation sites is 2. The molecule has 0 aliphatic carbocycles. The molecule has 1 aliphatic heterocycles. The topological polar surface area (TPSA) is 36.3 Å². The minimum Gasteiger partial charge on any atom is -0.385 e. The van der Waals surface area contributed by atoms with E-state index in [1.54, 1.807) is 7.11 Å². The Kier molecular flexibility index (Phi) is 3.80. The van der Waals surface area contributed by atoms with Crippen LogP contribution in [0, 0.1) is 0 Å². The lowest BCUT2D eigenvalue weighted by molar-refractivity contribution is 0.101. The van der Waals surface area contributed by atoms with Crippen LogP contribution < -0.4 is 0 Å². The van der Waals surface area contributed by atoms with Crippen molar-refractivity contribution in [2.45, 2.75) is 31.9 Å². The summed E-state index contributed by atoms with van der Waals surface area (Å²) in [4.78, 5) is 4.77. The Balaban J connectivity index is 1.95. The van der Waals surface area contributed by atoms with Crippen molar-refractivity contribution in [1.82, 2.24) is 9.55 Å². The van der Waals surface area contributed by atoms with Gasteiger partial charge in [-0.3, -0.25) is 0 Å². The van der Waals surface area contributed by atoms with Crippen LogP contribution in [0.3, 0.4) is 0 Å². The number of benzene rings is 1. The molecule has 1 atom stereocenters. The Morgan fingerprint density at radius 2 is 2.32 bits per heavy atom. The normalized spacial score (nSPS) is 19.3. The third kappa shape index (κ3) is 2.51. The number of fused-ring (bicyclic) bond motifs is 1. The highest BCUT2D eigenvalue weighted by Crippen LogP contribution is 2.30. The Morgan fingerprint density at radius 3 is 3.11 bits per heavy atom. The van der Waals surface area contributed by atoms with E-state index in [-0.39, 0.29) is 6.10 Å². The smallest absolute Gasteiger partial charge is 0.139 e. The number of hydrogen-bond acceptors (Lipinski definition) is 3. The largest absolute Gasteiger partial charge is 0.385 e. The van der Waals surface area contributed by atoms with E-state index in [1.807, 2.05) is 6.07 Å². The van der Waals surface area contributed by atoms with Crippen molar-refractivity contribution >= 4 is 11.0 Å². The molecule has 0 spiro atoms. The summed E-state index contributed by atoms with van der Waals surface area (Å²) in [5, 5.41) is 0. The molecule has 19 heavy (non-hydrogen) atoms. The van der Waals surface area contributed by atoms with Crippen molar-refractivity contribution in [3.63, 3.8) is 0 Å². The van der Waals surface area contributed by atoms with E-state index < -0.39 is 0 Å². The molecule has 0 amide bonds. The second-order valence-corrected chi connectivity index (χ2v) is 4.96. The van der Waals surface area contributed by atoms with Gasteiger partial charge in [0, 0.05) is 26.9 Å². The molecule has 4 heteroatoms. The molecule has 1 aliphatic rings. The van der Waals surface area contributed by atoms with Gasteiger partial charge in [0.05, 0.1) is 11.0 Å². The van der Waals surface area contributed by atoms with Gasteiger partial charge in [0.15, 0.2) is 0 Å². The van der Waals surface area contributed by atoms with Gasteiger partial charge in [-0.1, -0.05) is 12.1 Å². The van der Waals surface area contributed by atoms with Gasteiger partial charge in [0.2, 0.25) is 0 Å². The van der Waals surface area contributed by atoms with Crippen molar-refractivity contribution in [1.29, 1.82) is 0 Å². The monoisotopic (exact) mass is 260 g/mol. The lowest BCUT2D eigenvalue weighted by Crippen LogP contribution is -2.10. The molecule has 1 aromatic carbocycles. The predicted octanol–water partition coefficient (Wildman–Crippen LogP) is 2.92. The fraction of sp³-hybridized carbons (Fsp3) is 0.533. The molecule has 3 rings (SSSR count). The van der Waals surface area contributed by atoms with Gasteiger partial charge in [-0.15, -0.1) is 0 Å². The van der Waals surface area contributed by atoms with Crippen molar-refractivity contribution in [2.24, 2.45) is 0 Å². The highest BCUT2D eigenvalue weighted by atomic mass is 16.5. The van der Waals surface area contributed by atoms with Gasteiger partial charge in [0.25, 0.3) is 0 Å². The molecule has 1 aromatic heterocycles. The third-order valence-electron chi connectivity index (χ3n) is 3.63. The fourth-order valence-corrected chi connectivity index (χ4v) is 2.72. The van der Waals surface area contributed by atoms with Crippen LogP contribution in [0.4, 0.5) is 0 Å². The average molecular weight is 260 g/mol. The first-order valence-corrected chi connectivity index (χ1v) is 6.96. The van der Waals surface area contributed by atoms with Gasteiger partial charge in [0.1, 0.15) is 11.9 Å². The Labute approximate surface area is 113 Å². The molecule has 2 aromatic rings. The number of hydrogen-bond donors (Lipinski definition) is 0. The maximum atomic E-state index is 5.80. The first-order chi connectivity index (χ1) is 9.40. The first-order valence-electron chi connectivity index (χ1n) is 6.96. The number of aromatic nitrogens is 2. The zero-order valence-corrected chi connectivity index (χ0v) is 11.3. The maximum Gasteiger partial charge on any atom is 0.139 e. The van der Waals surface area contributed by atoms with Crippen molar-refractivity contribution < 1.29 is 9.47 Å². The molecule has 1 saturated heterocycles. The minimum absolute atomic E-state index is 0.162. The number of methoxy groups -OCH3 is 1. The molecular weight excluding hydrogens is 240 g/mol. The van der Waals surface area contributed by atoms with Gasteiger partial charge in [-0.05, 0) is 31.4 Å². The average Bonchev–Trinajstić information content (AvgIpc) is 3.06. The van der Waals surface area contributed by atoms with Crippen LogP contribution in [0.5, 0.6) is 0 Å². The number of ether oxygens (including phenoxy) is 2. The molecular formula is C15H20N2O2. The number of nitrogens with zero attached hydrogens (tertiary/aromatic N) is 2. The molecule has 0 N–H and O–H groups in total. The van der Waals surface area contributed by atoms with E-state index in [4.69, 9.17) is 14.5 Å². The van der Waals surface area contributed by atoms with E-state index in [9.17, 15) is 0 Å². The van der Waals surface area contributed by atoms with Crippen molar-refractivity contribution in [2.75, 3.05) is 20.3 Å². The third-order valence-corrected chi connectivity index (χ3v) is 3.63. The Bertz CT molecular complexity index is 544. The van der Waals surface area contributed by atoms with E-state index >= 15 is 0 Å². The van der Waals surface area contributed by atoms with Crippen LogP contribution in [0.1, 0.15) is 31.2 Å². The summed E-state index contributed by atoms with van der Waals surface area (Å²) in [5.41, 5.74) is 2.26. The van der Waals surface area contributed by atoms with Crippen LogP contribution in [0.25, 0.3) is 11.0 Å². The van der Waals surface area contributed by atoms with Crippen LogP contribution >= 0.6 is 0 Å². The van der Waals surface area contributed by atoms with E-state index in [0.29, 0.717) is 0 Å². The summed E-state index contributed by atoms with van der Waals surface area (Å²) < 4.78 is 13.2. The predicted molar refractivity (Wildman–Crippen MR) is 74.2 cm³/mol. The van der Waals surface area contributed by atoms with Crippen LogP contribution in [-0.4, -0.2) is 29.9 Å². The lowest BCUT2D eigenvalue weighted by Gasteiger charge is -2.13. The molecule has 0 saturated carbocycles. The zero-order valence-electron chi connectivity index (χ0n) is 11.3. The summed E-state index contributed by atoms with van der Waals surface area (Å²) >= 11 is 0. The standard InChI is InChI=1S/C15H20N2O2/c1-18-10-5-9-17-13-7-3-2-6-12(13)16-15(17)14-8-4-11-19-14/h2-3,6-7,14H,4-5,8-11H2,1H3. The van der Waals surface area contributed by atoms with E-state index in [0.717, 1.165) is 50.4 Å². The number of aryl methyl sites for hydroxylation is 1. The van der Waals surface area contributed by atoms with Crippen LogP contribution in [0.2, 0.25) is 0 Å². The number of rotatable bonds is 5. The van der Waals surface area contributed by atoms with Crippen LogP contribution in [-0.2, 0) is 16.0 Å². The fourth-order valence-electron chi connectivity index (χ4n) is 2.72. The molecule has 102 valence electrons. The first kappa shape index (κ1) is 12.6. The molecule has 1 fully saturated rings. The lowest BCUT2D eigenvalue weighted by atomic mass is 10.2. The maximum absolute atomic E-state index is 5.80. The number of imidazole rings is 1. The van der Waals surface area contributed by atoms with Gasteiger partial charge in [-0.25, -0.2) is 4.98 Å². The Hall–Kier alpha value is -1.39. The molecule has 1 unspecified atom stereocenters. The highest BCUT2D eigenvalue weighted by Gasteiger charge is 2.24. The SMILES string of the molecule is COCCCn1c(C2CCCO2)nc2ccccc21. The molecule has 0 radical (unpaired) electrons. The molecule has 0 bridgehead atoms. The van der Waals surface area contributed by atoms with Gasteiger partial charge in [-0.2, -0.15) is 0 Å². The Morgan fingerprint density at radius 1 is 1.42 bits per heavy atom. The van der Waals surface area contributed by atoms with E-state index in [2.05, 4.69) is 22.8 Å². The highest BCUT2D eigenvalue weighted by molar-refractivity contribution is 5.76. The van der Waals surface area contributed by atoms with Crippen molar-refractivity contribution in [3.05, 3.63) is 30.1 Å². The summed E-state index contributed by atoms with van der Waals surface area (Å²) in [6.45, 7) is 2.56. The molecule has 4 nitrogen and oxygen atoms in total. The molecule has 2 heterocycles.